The Labute approximate surface area is 236 Å². The zero-order chi connectivity index (χ0) is 29.3. The molecule has 1 aromatic heterocycles. The van der Waals surface area contributed by atoms with Gasteiger partial charge in [-0.25, -0.2) is 0 Å². The van der Waals surface area contributed by atoms with Gasteiger partial charge in [0.15, 0.2) is 0 Å². The van der Waals surface area contributed by atoms with Gasteiger partial charge < -0.3 is 19.7 Å². The fourth-order valence-electron chi connectivity index (χ4n) is 5.68. The number of rotatable bonds is 5. The molecule has 3 aromatic rings. The number of likely N-dealkylation sites (N-methyl/N-ethyl adjacent to an activating group) is 1. The van der Waals surface area contributed by atoms with Gasteiger partial charge in [0.2, 0.25) is 11.3 Å². The second kappa shape index (κ2) is 11.7. The monoisotopic (exact) mass is 569 g/mol. The van der Waals surface area contributed by atoms with Crippen LogP contribution in [-0.4, -0.2) is 83.4 Å². The summed E-state index contributed by atoms with van der Waals surface area (Å²) in [5, 5.41) is 2.66. The Morgan fingerprint density at radius 1 is 0.976 bits per heavy atom. The summed E-state index contributed by atoms with van der Waals surface area (Å²) >= 11 is 0. The molecule has 8 nitrogen and oxygen atoms in total. The van der Waals surface area contributed by atoms with Crippen molar-refractivity contribution in [1.29, 1.82) is 0 Å². The molecule has 2 aliphatic heterocycles. The van der Waals surface area contributed by atoms with E-state index in [0.717, 1.165) is 62.8 Å². The van der Waals surface area contributed by atoms with Gasteiger partial charge >= 0.3 is 6.18 Å². The van der Waals surface area contributed by atoms with Gasteiger partial charge in [-0.1, -0.05) is 18.2 Å². The summed E-state index contributed by atoms with van der Waals surface area (Å²) in [6, 6.07) is 10.2. The lowest BCUT2D eigenvalue weighted by Crippen LogP contribution is -2.53. The summed E-state index contributed by atoms with van der Waals surface area (Å²) in [5.74, 6) is -0.963. The Bertz CT molecular complexity index is 1500. The molecule has 11 heteroatoms. The molecular formula is C30H34F3N5O3. The predicted octanol–water partition coefficient (Wildman–Crippen LogP) is 3.82. The number of amides is 2. The molecular weight excluding hydrogens is 535 g/mol. The van der Waals surface area contributed by atoms with Crippen LogP contribution in [0.2, 0.25) is 0 Å². The van der Waals surface area contributed by atoms with Crippen molar-refractivity contribution in [2.45, 2.75) is 38.5 Å². The predicted molar refractivity (Wildman–Crippen MR) is 151 cm³/mol. The van der Waals surface area contributed by atoms with Crippen LogP contribution in [0.25, 0.3) is 10.9 Å². The second-order valence-electron chi connectivity index (χ2n) is 10.9. The number of hydrogen-bond acceptors (Lipinski definition) is 5. The number of anilines is 1. The molecule has 3 heterocycles. The van der Waals surface area contributed by atoms with Gasteiger partial charge in [-0.3, -0.25) is 19.3 Å². The van der Waals surface area contributed by atoms with Gasteiger partial charge in [-0.15, -0.1) is 0 Å². The number of benzene rings is 2. The minimum atomic E-state index is -4.63. The Morgan fingerprint density at radius 3 is 2.32 bits per heavy atom. The smallest absolute Gasteiger partial charge is 0.341 e. The summed E-state index contributed by atoms with van der Waals surface area (Å²) in [5.41, 5.74) is -0.630. The topological polar surface area (TPSA) is 77.9 Å². The number of hydrogen-bond donors (Lipinski definition) is 1. The van der Waals surface area contributed by atoms with Crippen LogP contribution in [0.15, 0.2) is 53.5 Å². The first-order valence-electron chi connectivity index (χ1n) is 13.8. The molecule has 1 N–H and O–H groups in total. The van der Waals surface area contributed by atoms with Crippen molar-refractivity contribution in [3.05, 3.63) is 75.6 Å². The van der Waals surface area contributed by atoms with Crippen molar-refractivity contribution in [2.24, 2.45) is 0 Å². The van der Waals surface area contributed by atoms with Crippen LogP contribution in [0.3, 0.4) is 0 Å². The van der Waals surface area contributed by atoms with E-state index in [0.29, 0.717) is 24.8 Å². The number of nitrogens with one attached hydrogen (secondary N) is 1. The van der Waals surface area contributed by atoms with E-state index in [-0.39, 0.29) is 28.9 Å². The third-order valence-corrected chi connectivity index (χ3v) is 8.22. The van der Waals surface area contributed by atoms with Crippen molar-refractivity contribution in [1.82, 2.24) is 19.3 Å². The van der Waals surface area contributed by atoms with Crippen molar-refractivity contribution in [2.75, 3.05) is 51.6 Å². The van der Waals surface area contributed by atoms with Crippen LogP contribution in [0, 0.1) is 6.92 Å². The molecule has 0 unspecified atom stereocenters. The van der Waals surface area contributed by atoms with Crippen molar-refractivity contribution < 1.29 is 22.8 Å². The van der Waals surface area contributed by atoms with Gasteiger partial charge in [0.25, 0.3) is 5.91 Å². The molecule has 2 saturated heterocycles. The number of para-hydroxylation sites is 1. The lowest BCUT2D eigenvalue weighted by Gasteiger charge is -2.42. The molecule has 2 fully saturated rings. The average molecular weight is 570 g/mol. The molecule has 2 aromatic carbocycles. The summed E-state index contributed by atoms with van der Waals surface area (Å²) in [7, 11) is 2.11. The molecule has 2 aliphatic rings. The zero-order valence-electron chi connectivity index (χ0n) is 23.2. The highest BCUT2D eigenvalue weighted by Crippen LogP contribution is 2.31. The second-order valence-corrected chi connectivity index (χ2v) is 10.9. The van der Waals surface area contributed by atoms with Crippen LogP contribution in [0.4, 0.5) is 18.9 Å². The highest BCUT2D eigenvalue weighted by Gasteiger charge is 2.32. The standard InChI is InChI=1S/C30H34F3N5O3/c1-20-5-3-4-6-25(20)34-29(41)24-18-38(26-17-21(30(31,32)33)7-8-23(26)28(24)40)19-27(39)37-11-9-22(10-12-37)36-15-13-35(2)14-16-36/h3-8,17-18,22H,9-16,19H2,1-2H3,(H,34,41). The zero-order valence-corrected chi connectivity index (χ0v) is 23.2. The van der Waals surface area contributed by atoms with Crippen LogP contribution in [0.5, 0.6) is 0 Å². The number of likely N-dealkylation sites (tertiary alicyclic amines) is 1. The summed E-state index contributed by atoms with van der Waals surface area (Å²) < 4.78 is 42.0. The molecule has 2 amide bonds. The number of aromatic nitrogens is 1. The minimum absolute atomic E-state index is 0.0436. The Balaban J connectivity index is 1.41. The van der Waals surface area contributed by atoms with Crippen molar-refractivity contribution in [3.8, 4) is 0 Å². The maximum atomic E-state index is 13.6. The quantitative estimate of drug-likeness (QED) is 0.506. The van der Waals surface area contributed by atoms with Gasteiger partial charge in [0.05, 0.1) is 11.1 Å². The Hall–Kier alpha value is -3.70. The summed E-state index contributed by atoms with van der Waals surface area (Å²) in [4.78, 5) is 46.4. The third kappa shape index (κ3) is 6.31. The summed E-state index contributed by atoms with van der Waals surface area (Å²) in [6.07, 6.45) is -1.79. The highest BCUT2D eigenvalue weighted by molar-refractivity contribution is 6.06. The SMILES string of the molecule is Cc1ccccc1NC(=O)c1cn(CC(=O)N2CCC(N3CCN(C)CC3)CC2)c2cc(C(F)(F)F)ccc2c1=O. The fourth-order valence-corrected chi connectivity index (χ4v) is 5.68. The number of fused-ring (bicyclic) bond motifs is 1. The van der Waals surface area contributed by atoms with E-state index in [1.807, 2.05) is 6.07 Å². The number of carbonyl (C=O) groups excluding carboxylic acids is 2. The van der Waals surface area contributed by atoms with Gasteiger partial charge in [-0.2, -0.15) is 13.2 Å². The van der Waals surface area contributed by atoms with E-state index in [9.17, 15) is 27.6 Å². The van der Waals surface area contributed by atoms with Crippen molar-refractivity contribution in [3.63, 3.8) is 0 Å². The number of halogens is 3. The van der Waals surface area contributed by atoms with E-state index >= 15 is 0 Å². The average Bonchev–Trinajstić information content (AvgIpc) is 2.95. The van der Waals surface area contributed by atoms with Crippen LogP contribution in [0.1, 0.15) is 34.3 Å². The fraction of sp³-hybridized carbons (Fsp3) is 0.433. The molecule has 218 valence electrons. The number of piperidine rings is 1. The van der Waals surface area contributed by atoms with Crippen LogP contribution in [-0.2, 0) is 17.5 Å². The molecule has 0 bridgehead atoms. The minimum Gasteiger partial charge on any atom is -0.341 e. The molecule has 0 aliphatic carbocycles. The number of pyridine rings is 1. The maximum Gasteiger partial charge on any atom is 0.416 e. The number of carbonyl (C=O) groups is 2. The van der Waals surface area contributed by atoms with E-state index in [4.69, 9.17) is 0 Å². The van der Waals surface area contributed by atoms with E-state index in [1.165, 1.54) is 10.8 Å². The lowest BCUT2D eigenvalue weighted by atomic mass is 10.0. The first kappa shape index (κ1) is 28.8. The highest BCUT2D eigenvalue weighted by atomic mass is 19.4. The third-order valence-electron chi connectivity index (χ3n) is 8.22. The first-order valence-corrected chi connectivity index (χ1v) is 13.8. The number of nitrogens with zero attached hydrogens (tertiary/aromatic N) is 4. The number of aryl methyl sites for hydroxylation is 1. The van der Waals surface area contributed by atoms with E-state index < -0.39 is 23.1 Å². The number of alkyl halides is 3. The summed E-state index contributed by atoms with van der Waals surface area (Å²) in [6.45, 7) is 6.61. The number of piperazine rings is 1. The van der Waals surface area contributed by atoms with Crippen LogP contribution >= 0.6 is 0 Å². The molecule has 41 heavy (non-hydrogen) atoms. The molecule has 0 atom stereocenters. The maximum absolute atomic E-state index is 13.6. The van der Waals surface area contributed by atoms with Crippen molar-refractivity contribution >= 4 is 28.4 Å². The van der Waals surface area contributed by atoms with Crippen LogP contribution < -0.4 is 10.7 Å². The van der Waals surface area contributed by atoms with E-state index in [2.05, 4.69) is 22.2 Å². The van der Waals surface area contributed by atoms with Gasteiger partial charge in [0, 0.05) is 62.6 Å². The molecule has 5 rings (SSSR count). The Morgan fingerprint density at radius 2 is 1.66 bits per heavy atom. The molecule has 0 spiro atoms. The lowest BCUT2D eigenvalue weighted by molar-refractivity contribution is -0.137. The van der Waals surface area contributed by atoms with Gasteiger partial charge in [0.1, 0.15) is 12.1 Å². The Kier molecular flexibility index (Phi) is 8.19. The normalized spacial score (nSPS) is 17.6. The largest absolute Gasteiger partial charge is 0.416 e. The molecule has 0 radical (unpaired) electrons. The molecule has 0 saturated carbocycles. The van der Waals surface area contributed by atoms with E-state index in [1.54, 1.807) is 30.0 Å². The first-order chi connectivity index (χ1) is 19.5. The van der Waals surface area contributed by atoms with Gasteiger partial charge in [-0.05, 0) is 56.6 Å².